The van der Waals surface area contributed by atoms with Gasteiger partial charge in [-0.1, -0.05) is 23.7 Å². The van der Waals surface area contributed by atoms with Crippen LogP contribution in [0.4, 0.5) is 0 Å². The normalized spacial score (nSPS) is 9.93. The molecule has 0 spiro atoms. The second-order valence-corrected chi connectivity index (χ2v) is 3.27. The van der Waals surface area contributed by atoms with Crippen molar-refractivity contribution in [1.29, 1.82) is 0 Å². The van der Waals surface area contributed by atoms with Gasteiger partial charge in [0.05, 0.1) is 6.61 Å². The molecule has 76 valence electrons. The summed E-state index contributed by atoms with van der Waals surface area (Å²) in [7, 11) is 0. The molecule has 0 heterocycles. The smallest absolute Gasteiger partial charge is 0.302 e. The van der Waals surface area contributed by atoms with Gasteiger partial charge in [0, 0.05) is 11.9 Å². The molecule has 0 unspecified atom stereocenters. The van der Waals surface area contributed by atoms with E-state index in [0.29, 0.717) is 10.6 Å². The molecule has 1 rings (SSSR count). The zero-order valence-electron chi connectivity index (χ0n) is 7.79. The van der Waals surface area contributed by atoms with Crippen molar-refractivity contribution in [2.45, 2.75) is 20.1 Å². The van der Waals surface area contributed by atoms with Gasteiger partial charge in [-0.3, -0.25) is 4.79 Å². The summed E-state index contributed by atoms with van der Waals surface area (Å²) in [6.07, 6.45) is 0. The molecule has 0 fully saturated rings. The highest BCUT2D eigenvalue weighted by atomic mass is 35.5. The predicted octanol–water partition coefficient (Wildman–Crippen LogP) is 1.90. The van der Waals surface area contributed by atoms with E-state index in [1.807, 2.05) is 0 Å². The van der Waals surface area contributed by atoms with E-state index < -0.39 is 0 Å². The third-order valence-corrected chi connectivity index (χ3v) is 2.08. The molecule has 0 aromatic heterocycles. The zero-order valence-corrected chi connectivity index (χ0v) is 8.54. The lowest BCUT2D eigenvalue weighted by atomic mass is 10.1. The van der Waals surface area contributed by atoms with E-state index in [-0.39, 0.29) is 19.2 Å². The van der Waals surface area contributed by atoms with Crippen LogP contribution in [-0.2, 0) is 22.7 Å². The third kappa shape index (κ3) is 3.01. The van der Waals surface area contributed by atoms with Gasteiger partial charge < -0.3 is 9.84 Å². The van der Waals surface area contributed by atoms with Crippen molar-refractivity contribution < 1.29 is 14.6 Å². The van der Waals surface area contributed by atoms with Crippen LogP contribution in [0, 0.1) is 0 Å². The molecule has 0 aliphatic carbocycles. The molecule has 3 nitrogen and oxygen atoms in total. The van der Waals surface area contributed by atoms with Crippen molar-refractivity contribution in [2.75, 3.05) is 0 Å². The highest BCUT2D eigenvalue weighted by Crippen LogP contribution is 2.18. The monoisotopic (exact) mass is 214 g/mol. The fourth-order valence-electron chi connectivity index (χ4n) is 0.994. The van der Waals surface area contributed by atoms with Crippen molar-refractivity contribution in [3.8, 4) is 0 Å². The number of aliphatic hydroxyl groups excluding tert-OH is 1. The minimum Gasteiger partial charge on any atom is -0.461 e. The molecular weight excluding hydrogens is 204 g/mol. The number of esters is 1. The molecular formula is C10H11ClO3. The number of carbonyl (C=O) groups is 1. The van der Waals surface area contributed by atoms with Crippen LogP contribution in [0.15, 0.2) is 18.2 Å². The van der Waals surface area contributed by atoms with E-state index in [9.17, 15) is 4.79 Å². The highest BCUT2D eigenvalue weighted by Gasteiger charge is 2.01. The Labute approximate surface area is 87.3 Å². The summed E-state index contributed by atoms with van der Waals surface area (Å²) in [6.45, 7) is 1.47. The van der Waals surface area contributed by atoms with Gasteiger partial charge >= 0.3 is 5.97 Å². The topological polar surface area (TPSA) is 46.5 Å². The summed E-state index contributed by atoms with van der Waals surface area (Å²) < 4.78 is 4.80. The molecule has 0 bridgehead atoms. The van der Waals surface area contributed by atoms with Gasteiger partial charge in [-0.25, -0.2) is 0 Å². The number of aliphatic hydroxyl groups is 1. The first kappa shape index (κ1) is 11.0. The van der Waals surface area contributed by atoms with Gasteiger partial charge in [0.1, 0.15) is 6.61 Å². The molecule has 0 amide bonds. The number of rotatable bonds is 3. The largest absolute Gasteiger partial charge is 0.461 e. The summed E-state index contributed by atoms with van der Waals surface area (Å²) in [5.41, 5.74) is 1.47. The van der Waals surface area contributed by atoms with E-state index in [0.717, 1.165) is 5.56 Å². The van der Waals surface area contributed by atoms with Crippen molar-refractivity contribution in [1.82, 2.24) is 0 Å². The van der Waals surface area contributed by atoms with Crippen LogP contribution >= 0.6 is 11.6 Å². The standard InChI is InChI=1S/C10H11ClO3/c1-7(13)14-6-8-2-3-9(5-12)10(11)4-8/h2-4,12H,5-6H2,1H3. The molecule has 0 saturated heterocycles. The van der Waals surface area contributed by atoms with E-state index in [1.165, 1.54) is 6.92 Å². The summed E-state index contributed by atoms with van der Waals surface area (Å²) in [6, 6.07) is 5.15. The first-order valence-corrected chi connectivity index (χ1v) is 4.53. The van der Waals surface area contributed by atoms with Crippen molar-refractivity contribution in [3.63, 3.8) is 0 Å². The van der Waals surface area contributed by atoms with E-state index in [4.69, 9.17) is 21.4 Å². The lowest BCUT2D eigenvalue weighted by molar-refractivity contribution is -0.142. The lowest BCUT2D eigenvalue weighted by Gasteiger charge is -2.05. The van der Waals surface area contributed by atoms with E-state index in [2.05, 4.69) is 0 Å². The molecule has 0 atom stereocenters. The van der Waals surface area contributed by atoms with Gasteiger partial charge in [0.2, 0.25) is 0 Å². The summed E-state index contributed by atoms with van der Waals surface area (Å²) in [5.74, 6) is -0.327. The van der Waals surface area contributed by atoms with E-state index in [1.54, 1.807) is 18.2 Å². The number of halogens is 1. The Hall–Kier alpha value is -1.06. The zero-order chi connectivity index (χ0) is 10.6. The first-order valence-electron chi connectivity index (χ1n) is 4.15. The molecule has 1 aromatic rings. The van der Waals surface area contributed by atoms with Crippen molar-refractivity contribution in [2.24, 2.45) is 0 Å². The van der Waals surface area contributed by atoms with Crippen LogP contribution in [0.2, 0.25) is 5.02 Å². The number of carbonyl (C=O) groups excluding carboxylic acids is 1. The van der Waals surface area contributed by atoms with Gasteiger partial charge in [0.25, 0.3) is 0 Å². The maximum Gasteiger partial charge on any atom is 0.302 e. The average molecular weight is 215 g/mol. The second-order valence-electron chi connectivity index (χ2n) is 2.86. The van der Waals surface area contributed by atoms with Crippen LogP contribution in [0.25, 0.3) is 0 Å². The molecule has 0 aliphatic heterocycles. The van der Waals surface area contributed by atoms with Crippen LogP contribution < -0.4 is 0 Å². The molecule has 0 radical (unpaired) electrons. The maximum absolute atomic E-state index is 10.5. The van der Waals surface area contributed by atoms with Crippen LogP contribution in [0.1, 0.15) is 18.1 Å². The SMILES string of the molecule is CC(=O)OCc1ccc(CO)c(Cl)c1. The second kappa shape index (κ2) is 4.98. The Bertz CT molecular complexity index is 336. The van der Waals surface area contributed by atoms with Gasteiger partial charge in [-0.05, 0) is 17.2 Å². The Balaban J connectivity index is 2.71. The fourth-order valence-corrected chi connectivity index (χ4v) is 1.26. The third-order valence-electron chi connectivity index (χ3n) is 1.73. The van der Waals surface area contributed by atoms with Gasteiger partial charge in [0.15, 0.2) is 0 Å². The van der Waals surface area contributed by atoms with Crippen molar-refractivity contribution >= 4 is 17.6 Å². The summed E-state index contributed by atoms with van der Waals surface area (Å²) >= 11 is 5.84. The van der Waals surface area contributed by atoms with Crippen molar-refractivity contribution in [3.05, 3.63) is 34.3 Å². The first-order chi connectivity index (χ1) is 6.63. The van der Waals surface area contributed by atoms with E-state index >= 15 is 0 Å². The average Bonchev–Trinajstić information content (AvgIpc) is 2.15. The molecule has 14 heavy (non-hydrogen) atoms. The molecule has 0 aliphatic rings. The molecule has 1 N–H and O–H groups in total. The Morgan fingerprint density at radius 1 is 1.57 bits per heavy atom. The molecule has 0 saturated carbocycles. The number of hydrogen-bond donors (Lipinski definition) is 1. The molecule has 1 aromatic carbocycles. The predicted molar refractivity (Wildman–Crippen MR) is 52.8 cm³/mol. The summed E-state index contributed by atoms with van der Waals surface area (Å²) in [5, 5.41) is 9.34. The highest BCUT2D eigenvalue weighted by molar-refractivity contribution is 6.31. The Morgan fingerprint density at radius 2 is 2.29 bits per heavy atom. The van der Waals surface area contributed by atoms with Crippen LogP contribution in [-0.4, -0.2) is 11.1 Å². The van der Waals surface area contributed by atoms with Crippen LogP contribution in [0.3, 0.4) is 0 Å². The minimum atomic E-state index is -0.327. The Kier molecular flexibility index (Phi) is 3.92. The lowest BCUT2D eigenvalue weighted by Crippen LogP contribution is -1.99. The number of benzene rings is 1. The minimum absolute atomic E-state index is 0.0906. The van der Waals surface area contributed by atoms with Gasteiger partial charge in [-0.15, -0.1) is 0 Å². The molecule has 4 heteroatoms. The quantitative estimate of drug-likeness (QED) is 0.782. The van der Waals surface area contributed by atoms with Gasteiger partial charge in [-0.2, -0.15) is 0 Å². The fraction of sp³-hybridized carbons (Fsp3) is 0.300. The van der Waals surface area contributed by atoms with Crippen LogP contribution in [0.5, 0.6) is 0 Å². The summed E-state index contributed by atoms with van der Waals surface area (Å²) in [4.78, 5) is 10.5. The number of ether oxygens (including phenoxy) is 1. The number of hydrogen-bond acceptors (Lipinski definition) is 3. The Morgan fingerprint density at radius 3 is 2.79 bits per heavy atom. The maximum atomic E-state index is 10.5.